The minimum atomic E-state index is 0.0129. The van der Waals surface area contributed by atoms with Crippen LogP contribution in [0.1, 0.15) is 60.5 Å². The lowest BCUT2D eigenvalue weighted by atomic mass is 10.0. The highest BCUT2D eigenvalue weighted by Gasteiger charge is 2.22. The molecule has 33 heavy (non-hydrogen) atoms. The lowest BCUT2D eigenvalue weighted by Gasteiger charge is -2.29. The first-order chi connectivity index (χ1) is 15.9. The summed E-state index contributed by atoms with van der Waals surface area (Å²) in [7, 11) is 5.66. The van der Waals surface area contributed by atoms with Gasteiger partial charge in [0, 0.05) is 49.9 Å². The van der Waals surface area contributed by atoms with Crippen LogP contribution in [0, 0.1) is 0 Å². The monoisotopic (exact) mass is 451 g/mol. The number of hydrogen-bond acceptors (Lipinski definition) is 4. The molecule has 0 aliphatic carbocycles. The molecule has 178 valence electrons. The first-order valence-electron chi connectivity index (χ1n) is 11.9. The number of methoxy groups -OCH3 is 1. The lowest BCUT2D eigenvalue weighted by molar-refractivity contribution is -0.116. The zero-order chi connectivity index (χ0) is 23.8. The second-order valence-electron chi connectivity index (χ2n) is 9.06. The summed E-state index contributed by atoms with van der Waals surface area (Å²) in [6.07, 6.45) is 5.26. The highest BCUT2D eigenvalue weighted by Crippen LogP contribution is 2.26. The Morgan fingerprint density at radius 1 is 0.970 bits per heavy atom. The zero-order valence-electron chi connectivity index (χ0n) is 20.5. The van der Waals surface area contributed by atoms with E-state index in [0.29, 0.717) is 31.7 Å². The predicted octanol–water partition coefficient (Wildman–Crippen LogP) is 4.72. The molecule has 0 aromatic heterocycles. The van der Waals surface area contributed by atoms with Gasteiger partial charge in [-0.1, -0.05) is 37.5 Å². The number of carbonyl (C=O) groups excluding carboxylic acids is 2. The Hall–Kier alpha value is -2.86. The van der Waals surface area contributed by atoms with Crippen molar-refractivity contribution >= 4 is 17.5 Å². The van der Waals surface area contributed by atoms with Crippen molar-refractivity contribution in [1.29, 1.82) is 0 Å². The molecule has 1 heterocycles. The minimum absolute atomic E-state index is 0.0129. The van der Waals surface area contributed by atoms with E-state index in [1.165, 1.54) is 0 Å². The second kappa shape index (κ2) is 11.8. The van der Waals surface area contributed by atoms with Gasteiger partial charge in [-0.2, -0.15) is 0 Å². The number of ether oxygens (including phenoxy) is 1. The summed E-state index contributed by atoms with van der Waals surface area (Å²) < 4.78 is 5.51. The third-order valence-electron chi connectivity index (χ3n) is 6.13. The van der Waals surface area contributed by atoms with Gasteiger partial charge in [-0.05, 0) is 56.8 Å². The number of benzene rings is 2. The number of fused-ring (bicyclic) bond motifs is 1. The molecule has 0 saturated heterocycles. The molecule has 0 atom stereocenters. The van der Waals surface area contributed by atoms with Crippen LogP contribution in [-0.4, -0.2) is 55.9 Å². The third kappa shape index (κ3) is 6.57. The van der Waals surface area contributed by atoms with Gasteiger partial charge >= 0.3 is 0 Å². The van der Waals surface area contributed by atoms with E-state index >= 15 is 0 Å². The molecule has 6 nitrogen and oxygen atoms in total. The van der Waals surface area contributed by atoms with E-state index < -0.39 is 0 Å². The Balaban J connectivity index is 1.95. The Labute approximate surface area is 198 Å². The maximum atomic E-state index is 13.7. The largest absolute Gasteiger partial charge is 0.496 e. The number of anilines is 1. The fourth-order valence-electron chi connectivity index (χ4n) is 4.47. The van der Waals surface area contributed by atoms with Crippen LogP contribution in [-0.2, 0) is 17.9 Å². The van der Waals surface area contributed by atoms with Gasteiger partial charge in [-0.25, -0.2) is 0 Å². The molecule has 0 radical (unpaired) electrons. The van der Waals surface area contributed by atoms with Gasteiger partial charge in [0.1, 0.15) is 5.75 Å². The molecule has 2 aromatic rings. The fraction of sp³-hybridized carbons (Fsp3) is 0.481. The van der Waals surface area contributed by atoms with E-state index in [2.05, 4.69) is 4.90 Å². The van der Waals surface area contributed by atoms with Gasteiger partial charge in [0.15, 0.2) is 0 Å². The molecule has 0 unspecified atom stereocenters. The van der Waals surface area contributed by atoms with Crippen molar-refractivity contribution in [3.63, 3.8) is 0 Å². The van der Waals surface area contributed by atoms with Crippen molar-refractivity contribution in [3.8, 4) is 5.75 Å². The molecule has 1 aliphatic rings. The van der Waals surface area contributed by atoms with Gasteiger partial charge in [-0.15, -0.1) is 0 Å². The van der Waals surface area contributed by atoms with Crippen molar-refractivity contribution in [2.45, 2.75) is 52.1 Å². The quantitative estimate of drug-likeness (QED) is 0.675. The third-order valence-corrected chi connectivity index (χ3v) is 6.13. The molecule has 0 saturated carbocycles. The summed E-state index contributed by atoms with van der Waals surface area (Å²) in [5.41, 5.74) is 3.57. The van der Waals surface area contributed by atoms with E-state index in [1.807, 2.05) is 66.4 Å². The lowest BCUT2D eigenvalue weighted by Crippen LogP contribution is -2.35. The van der Waals surface area contributed by atoms with Crippen LogP contribution in [0.2, 0.25) is 0 Å². The van der Waals surface area contributed by atoms with Crippen LogP contribution in [0.25, 0.3) is 0 Å². The van der Waals surface area contributed by atoms with Crippen LogP contribution in [0.5, 0.6) is 5.75 Å². The molecule has 0 spiro atoms. The Morgan fingerprint density at radius 3 is 2.36 bits per heavy atom. The van der Waals surface area contributed by atoms with E-state index in [0.717, 1.165) is 54.7 Å². The normalized spacial score (nSPS) is 15.4. The van der Waals surface area contributed by atoms with Crippen LogP contribution in [0.15, 0.2) is 42.5 Å². The van der Waals surface area contributed by atoms with Gasteiger partial charge in [0.25, 0.3) is 5.91 Å². The highest BCUT2D eigenvalue weighted by atomic mass is 16.5. The number of hydrogen-bond donors (Lipinski definition) is 0. The van der Waals surface area contributed by atoms with Crippen molar-refractivity contribution in [3.05, 3.63) is 59.2 Å². The summed E-state index contributed by atoms with van der Waals surface area (Å²) in [5, 5.41) is 0. The van der Waals surface area contributed by atoms with Crippen molar-refractivity contribution < 1.29 is 14.3 Å². The Kier molecular flexibility index (Phi) is 8.89. The number of rotatable bonds is 4. The molecule has 3 rings (SSSR count). The standard InChI is InChI=1S/C27H37N3O3/c1-21(31)30-17-11-7-5-6-10-16-29(20-23-12-8-9-13-25(23)30)27(32)22-14-15-26(33-4)24(18-22)19-28(2)3/h8-9,12-15,18H,5-7,10-11,16-17,19-20H2,1-4H3. The van der Waals surface area contributed by atoms with E-state index in [9.17, 15) is 9.59 Å². The van der Waals surface area contributed by atoms with Crippen molar-refractivity contribution in [2.75, 3.05) is 39.2 Å². The predicted molar refractivity (Wildman–Crippen MR) is 133 cm³/mol. The molecule has 6 heteroatoms. The number of para-hydroxylation sites is 1. The number of carbonyl (C=O) groups is 2. The van der Waals surface area contributed by atoms with E-state index in [-0.39, 0.29) is 11.8 Å². The maximum Gasteiger partial charge on any atom is 0.254 e. The second-order valence-corrected chi connectivity index (χ2v) is 9.06. The molecule has 0 N–H and O–H groups in total. The van der Waals surface area contributed by atoms with Crippen LogP contribution in [0.4, 0.5) is 5.69 Å². The van der Waals surface area contributed by atoms with E-state index in [4.69, 9.17) is 4.74 Å². The van der Waals surface area contributed by atoms with Gasteiger partial charge < -0.3 is 19.4 Å². The molecule has 1 aliphatic heterocycles. The summed E-state index contributed by atoms with van der Waals surface area (Å²) >= 11 is 0. The fourth-order valence-corrected chi connectivity index (χ4v) is 4.47. The summed E-state index contributed by atoms with van der Waals surface area (Å²) in [5.74, 6) is 0.844. The summed E-state index contributed by atoms with van der Waals surface area (Å²) in [6, 6.07) is 13.7. The van der Waals surface area contributed by atoms with Crippen molar-refractivity contribution in [2.24, 2.45) is 0 Å². The van der Waals surface area contributed by atoms with E-state index in [1.54, 1.807) is 14.0 Å². The SMILES string of the molecule is COc1ccc(C(=O)N2CCCCCCCN(C(C)=O)c3ccccc3C2)cc1CN(C)C. The number of amides is 2. The number of nitrogens with zero attached hydrogens (tertiary/aromatic N) is 3. The first kappa shape index (κ1) is 24.8. The Bertz CT molecular complexity index is 957. The van der Waals surface area contributed by atoms with Crippen LogP contribution >= 0.6 is 0 Å². The molecule has 2 amide bonds. The summed E-state index contributed by atoms with van der Waals surface area (Å²) in [6.45, 7) is 4.21. The summed E-state index contributed by atoms with van der Waals surface area (Å²) in [4.78, 5) is 32.0. The van der Waals surface area contributed by atoms with Gasteiger partial charge in [-0.3, -0.25) is 9.59 Å². The topological polar surface area (TPSA) is 53.1 Å². The maximum absolute atomic E-state index is 13.7. The molecular formula is C27H37N3O3. The smallest absolute Gasteiger partial charge is 0.254 e. The average molecular weight is 452 g/mol. The molecular weight excluding hydrogens is 414 g/mol. The van der Waals surface area contributed by atoms with Crippen molar-refractivity contribution in [1.82, 2.24) is 9.80 Å². The average Bonchev–Trinajstić information content (AvgIpc) is 2.78. The minimum Gasteiger partial charge on any atom is -0.496 e. The van der Waals surface area contributed by atoms with Gasteiger partial charge in [0.2, 0.25) is 5.91 Å². The van der Waals surface area contributed by atoms with Crippen LogP contribution < -0.4 is 9.64 Å². The molecule has 2 aromatic carbocycles. The highest BCUT2D eigenvalue weighted by molar-refractivity contribution is 5.95. The molecule has 0 fully saturated rings. The zero-order valence-corrected chi connectivity index (χ0v) is 20.5. The Morgan fingerprint density at radius 2 is 1.67 bits per heavy atom. The van der Waals surface area contributed by atoms with Gasteiger partial charge in [0.05, 0.1) is 7.11 Å². The molecule has 0 bridgehead atoms. The first-order valence-corrected chi connectivity index (χ1v) is 11.9. The van der Waals surface area contributed by atoms with Crippen LogP contribution in [0.3, 0.4) is 0 Å².